The number of hydroxylamine groups is 2. The van der Waals surface area contributed by atoms with Crippen LogP contribution in [0.5, 0.6) is 0 Å². The minimum absolute atomic E-state index is 0.186. The normalized spacial score (nSPS) is 17.6. The number of rotatable bonds is 2. The van der Waals surface area contributed by atoms with Gasteiger partial charge in [-0.2, -0.15) is 9.35 Å². The molecule has 0 N–H and O–H groups in total. The molecule has 0 radical (unpaired) electrons. The van der Waals surface area contributed by atoms with Gasteiger partial charge in [-0.15, -0.1) is 0 Å². The lowest BCUT2D eigenvalue weighted by atomic mass is 9.99. The van der Waals surface area contributed by atoms with Gasteiger partial charge in [0.2, 0.25) is 0 Å². The van der Waals surface area contributed by atoms with E-state index in [1.54, 1.807) is 0 Å². The maximum absolute atomic E-state index is 12.7. The number of aliphatic imine (C=N–C) groups is 7. The number of hydrogen-bond acceptors (Lipinski definition) is 11. The van der Waals surface area contributed by atoms with Gasteiger partial charge >= 0.3 is 0 Å². The Morgan fingerprint density at radius 3 is 1.17 bits per heavy atom. The second kappa shape index (κ2) is 12.4. The van der Waals surface area contributed by atoms with Crippen LogP contribution in [0.25, 0.3) is 43.1 Å². The summed E-state index contributed by atoms with van der Waals surface area (Å²) in [4.78, 5) is 36.2. The van der Waals surface area contributed by atoms with E-state index in [4.69, 9.17) is 39.2 Å². The number of amidine groups is 7. The van der Waals surface area contributed by atoms with E-state index in [1.807, 2.05) is 97.1 Å². The molecule has 0 aromatic heterocycles. The van der Waals surface area contributed by atoms with Gasteiger partial charge in [-0.05, 0) is 91.6 Å². The molecule has 5 aliphatic heterocycles. The van der Waals surface area contributed by atoms with Gasteiger partial charge in [0, 0.05) is 44.5 Å². The quantitative estimate of drug-likeness (QED) is 0.162. The molecule has 0 saturated heterocycles. The van der Waals surface area contributed by atoms with Crippen LogP contribution in [0.3, 0.4) is 0 Å². The Bertz CT molecular complexity index is 3580. The van der Waals surface area contributed by atoms with E-state index in [-0.39, 0.29) is 11.7 Å². The maximum Gasteiger partial charge on any atom is 0.171 e. The van der Waals surface area contributed by atoms with Gasteiger partial charge < -0.3 is 4.55 Å². The summed E-state index contributed by atoms with van der Waals surface area (Å²) in [6.45, 7) is 0. The molecule has 5 aliphatic rings. The van der Waals surface area contributed by atoms with Crippen LogP contribution in [0.4, 0.5) is 0 Å². The van der Waals surface area contributed by atoms with Crippen molar-refractivity contribution in [3.63, 3.8) is 0 Å². The first-order valence-electron chi connectivity index (χ1n) is 19.3. The molecule has 8 aromatic carbocycles. The number of benzene rings is 8. The highest BCUT2D eigenvalue weighted by Crippen LogP contribution is 2.39. The average Bonchev–Trinajstić information content (AvgIpc) is 4.00. The van der Waals surface area contributed by atoms with Crippen LogP contribution in [0.2, 0.25) is 0 Å². The van der Waals surface area contributed by atoms with Crippen molar-refractivity contribution < 1.29 is 13.0 Å². The first kappa shape index (κ1) is 33.3. The van der Waals surface area contributed by atoms with Crippen molar-refractivity contribution in [2.24, 2.45) is 34.9 Å². The Hall–Kier alpha value is -7.64. The monoisotopic (exact) mass is 793 g/mol. The fraction of sp³-hybridized carbons (Fsp3) is 0.0208. The zero-order valence-corrected chi connectivity index (χ0v) is 32.0. The molecule has 13 rings (SSSR count). The van der Waals surface area contributed by atoms with Gasteiger partial charge in [-0.3, -0.25) is 0 Å². The van der Waals surface area contributed by atoms with Crippen LogP contribution < -0.4 is 0 Å². The van der Waals surface area contributed by atoms with Crippen LogP contribution in [-0.4, -0.2) is 54.7 Å². The maximum atomic E-state index is 12.7. The van der Waals surface area contributed by atoms with E-state index in [9.17, 15) is 8.76 Å². The summed E-state index contributed by atoms with van der Waals surface area (Å²) in [6, 6.07) is 48.5. The standard InChI is InChI=1S/C48H26N8O3S/c57-60(58)59-56-47-39-23-31-15-7-5-13-29(31)21-37(39)45(54-47)52-43-35-19-27-11-3-1-9-25(27)17-33(35)41(50-43)49-42-34-18-26-10-2-4-12-28(26)20-36(34)44(51-42)53-46-38-22-30-14-6-8-16-32(30)24-40(38)48(56)55-46/h1-24,41H,(H,57,58)/p-1. The van der Waals surface area contributed by atoms with E-state index in [0.29, 0.717) is 51.4 Å². The zero-order chi connectivity index (χ0) is 39.6. The number of nitrogens with zero attached hydrogens (tertiary/aromatic N) is 8. The Balaban J connectivity index is 1.14. The van der Waals surface area contributed by atoms with Gasteiger partial charge in [0.1, 0.15) is 11.4 Å². The van der Waals surface area contributed by atoms with Gasteiger partial charge in [-0.1, -0.05) is 97.1 Å². The first-order chi connectivity index (χ1) is 29.5. The molecule has 60 heavy (non-hydrogen) atoms. The molecular formula is C48H25N8O3S-. The SMILES string of the molecule is O=S([O-])ON1C2=NC(=NC3=NC(=NC4N=C(N=C5N=C1c1cc6ccccc6cc15)c1cc5ccccc5cc14)c1cc4ccccc4cc13)c1cc3ccccc3cc12. The van der Waals surface area contributed by atoms with Crippen molar-refractivity contribution in [1.82, 2.24) is 5.06 Å². The summed E-state index contributed by atoms with van der Waals surface area (Å²) in [5, 5.41) is 9.05. The van der Waals surface area contributed by atoms with Crippen LogP contribution in [0.1, 0.15) is 50.7 Å². The van der Waals surface area contributed by atoms with Crippen LogP contribution >= 0.6 is 0 Å². The van der Waals surface area contributed by atoms with Crippen molar-refractivity contribution in [1.29, 1.82) is 0 Å². The van der Waals surface area contributed by atoms with E-state index in [1.165, 1.54) is 5.06 Å². The molecule has 0 aliphatic carbocycles. The fourth-order valence-electron chi connectivity index (χ4n) is 8.81. The van der Waals surface area contributed by atoms with Gasteiger partial charge in [-0.25, -0.2) is 39.2 Å². The minimum atomic E-state index is -3.04. The summed E-state index contributed by atoms with van der Waals surface area (Å²) < 4.78 is 31.2. The molecule has 5 heterocycles. The lowest BCUT2D eigenvalue weighted by molar-refractivity contribution is 0.103. The molecule has 0 spiro atoms. The minimum Gasteiger partial charge on any atom is -0.748 e. The summed E-state index contributed by atoms with van der Waals surface area (Å²) in [7, 11) is 0. The molecule has 0 amide bonds. The fourth-order valence-corrected chi connectivity index (χ4v) is 9.08. The average molecular weight is 794 g/mol. The molecule has 2 atom stereocenters. The zero-order valence-electron chi connectivity index (χ0n) is 31.1. The first-order valence-corrected chi connectivity index (χ1v) is 20.3. The Morgan fingerprint density at radius 1 is 0.417 bits per heavy atom. The topological polar surface area (TPSA) is 139 Å². The molecule has 8 bridgehead atoms. The van der Waals surface area contributed by atoms with E-state index < -0.39 is 17.5 Å². The summed E-state index contributed by atoms with van der Waals surface area (Å²) in [6.07, 6.45) is -0.686. The van der Waals surface area contributed by atoms with Crippen molar-refractivity contribution >= 4 is 95.3 Å². The lowest BCUT2D eigenvalue weighted by Crippen LogP contribution is -2.37. The second-order valence-electron chi connectivity index (χ2n) is 15.1. The van der Waals surface area contributed by atoms with Gasteiger partial charge in [0.15, 0.2) is 47.0 Å². The van der Waals surface area contributed by atoms with Crippen molar-refractivity contribution in [3.8, 4) is 0 Å². The van der Waals surface area contributed by atoms with E-state index >= 15 is 0 Å². The van der Waals surface area contributed by atoms with Crippen molar-refractivity contribution in [2.45, 2.75) is 6.17 Å². The predicted octanol–water partition coefficient (Wildman–Crippen LogP) is 8.72. The summed E-state index contributed by atoms with van der Waals surface area (Å²) >= 11 is -3.04. The Labute approximate surface area is 343 Å². The number of hydrogen-bond donors (Lipinski definition) is 0. The summed E-state index contributed by atoms with van der Waals surface area (Å²) in [5.41, 5.74) is 5.84. The molecule has 0 fully saturated rings. The number of fused-ring (bicyclic) bond motifs is 20. The lowest BCUT2D eigenvalue weighted by Gasteiger charge is -2.24. The highest BCUT2D eigenvalue weighted by molar-refractivity contribution is 7.74. The molecule has 282 valence electrons. The third-order valence-electron chi connectivity index (χ3n) is 11.6. The highest BCUT2D eigenvalue weighted by Gasteiger charge is 2.38. The molecule has 2 unspecified atom stereocenters. The van der Waals surface area contributed by atoms with Crippen LogP contribution in [0.15, 0.2) is 181 Å². The third-order valence-corrected chi connectivity index (χ3v) is 11.9. The van der Waals surface area contributed by atoms with Crippen molar-refractivity contribution in [2.75, 3.05) is 0 Å². The summed E-state index contributed by atoms with van der Waals surface area (Å²) in [5.74, 6) is 2.36. The Morgan fingerprint density at radius 2 is 0.733 bits per heavy atom. The van der Waals surface area contributed by atoms with E-state index in [2.05, 4.69) is 48.5 Å². The molecule has 11 nitrogen and oxygen atoms in total. The van der Waals surface area contributed by atoms with Crippen LogP contribution in [0, 0.1) is 0 Å². The predicted molar refractivity (Wildman–Crippen MR) is 236 cm³/mol. The van der Waals surface area contributed by atoms with Crippen LogP contribution in [-0.2, 0) is 15.6 Å². The van der Waals surface area contributed by atoms with Crippen molar-refractivity contribution in [3.05, 3.63) is 190 Å². The molecular weight excluding hydrogens is 769 g/mol. The molecule has 12 heteroatoms. The van der Waals surface area contributed by atoms with E-state index in [0.717, 1.165) is 65.3 Å². The Kier molecular flexibility index (Phi) is 6.91. The largest absolute Gasteiger partial charge is 0.748 e. The molecule has 8 aromatic rings. The van der Waals surface area contributed by atoms with Gasteiger partial charge in [0.25, 0.3) is 0 Å². The highest BCUT2D eigenvalue weighted by atomic mass is 32.2. The second-order valence-corrected chi connectivity index (χ2v) is 15.6. The van der Waals surface area contributed by atoms with Gasteiger partial charge in [0.05, 0.1) is 0 Å². The molecule has 0 saturated carbocycles. The smallest absolute Gasteiger partial charge is 0.171 e. The third kappa shape index (κ3) is 5.02.